The molecule has 0 aliphatic rings. The van der Waals surface area contributed by atoms with Gasteiger partial charge in [-0.2, -0.15) is 13.2 Å². The van der Waals surface area contributed by atoms with Crippen molar-refractivity contribution in [2.75, 3.05) is 6.54 Å². The lowest BCUT2D eigenvalue weighted by Crippen LogP contribution is -2.32. The van der Waals surface area contributed by atoms with Crippen molar-refractivity contribution in [3.63, 3.8) is 0 Å². The van der Waals surface area contributed by atoms with Crippen LogP contribution in [0.2, 0.25) is 10.0 Å². The Hall–Kier alpha value is -1.56. The fourth-order valence-electron chi connectivity index (χ4n) is 2.08. The van der Waals surface area contributed by atoms with Crippen LogP contribution in [0.4, 0.5) is 13.2 Å². The van der Waals surface area contributed by atoms with Crippen LogP contribution in [0.5, 0.6) is 0 Å². The molecular weight excluding hydrogens is 420 g/mol. The molecule has 2 rings (SSSR count). The van der Waals surface area contributed by atoms with Crippen LogP contribution in [0.25, 0.3) is 0 Å². The minimum Gasteiger partial charge on any atom is -0.274 e. The van der Waals surface area contributed by atoms with Crippen LogP contribution in [0.1, 0.15) is 11.4 Å². The summed E-state index contributed by atoms with van der Waals surface area (Å²) < 4.78 is 65.8. The number of hydrogen-bond donors (Lipinski definition) is 1. The van der Waals surface area contributed by atoms with Gasteiger partial charge in [-0.05, 0) is 24.6 Å². The molecule has 1 N–H and O–H groups in total. The van der Waals surface area contributed by atoms with Crippen LogP contribution in [-0.2, 0) is 29.8 Å². The fourth-order valence-corrected chi connectivity index (χ4v) is 3.93. The van der Waals surface area contributed by atoms with E-state index >= 15 is 0 Å². The number of halogens is 5. The van der Waals surface area contributed by atoms with E-state index in [9.17, 15) is 26.4 Å². The molecule has 0 atom stereocenters. The highest BCUT2D eigenvalue weighted by Gasteiger charge is 2.38. The second-order valence-corrected chi connectivity index (χ2v) is 7.87. The van der Waals surface area contributed by atoms with E-state index in [-0.39, 0.29) is 21.5 Å². The molecule has 0 radical (unpaired) electrons. The van der Waals surface area contributed by atoms with Crippen molar-refractivity contribution < 1.29 is 21.6 Å². The van der Waals surface area contributed by atoms with Gasteiger partial charge in [-0.15, -0.1) is 5.10 Å². The lowest BCUT2D eigenvalue weighted by Gasteiger charge is -2.10. The van der Waals surface area contributed by atoms with Gasteiger partial charge in [-0.3, -0.25) is 4.57 Å². The Morgan fingerprint density at radius 1 is 1.23 bits per heavy atom. The predicted octanol–water partition coefficient (Wildman–Crippen LogP) is 2.19. The van der Waals surface area contributed by atoms with Crippen molar-refractivity contribution in [2.45, 2.75) is 24.5 Å². The highest BCUT2D eigenvalue weighted by molar-refractivity contribution is 7.89. The van der Waals surface area contributed by atoms with Crippen LogP contribution in [0.15, 0.2) is 21.8 Å². The first kappa shape index (κ1) is 20.7. The molecule has 0 amide bonds. The first-order chi connectivity index (χ1) is 11.8. The van der Waals surface area contributed by atoms with Gasteiger partial charge in [-0.25, -0.2) is 22.6 Å². The van der Waals surface area contributed by atoms with E-state index in [0.717, 1.165) is 7.05 Å². The number of sulfonamides is 1. The summed E-state index contributed by atoms with van der Waals surface area (Å²) in [5, 5.41) is 3.36. The Bertz CT molecular complexity index is 999. The molecule has 0 spiro atoms. The summed E-state index contributed by atoms with van der Waals surface area (Å²) in [5.41, 5.74) is -0.538. The first-order valence-corrected chi connectivity index (χ1v) is 9.25. The Balaban J connectivity index is 2.18. The van der Waals surface area contributed by atoms with Crippen molar-refractivity contribution in [3.05, 3.63) is 44.1 Å². The Morgan fingerprint density at radius 2 is 1.85 bits per heavy atom. The average molecular weight is 433 g/mol. The van der Waals surface area contributed by atoms with Crippen LogP contribution in [-0.4, -0.2) is 29.3 Å². The molecule has 0 aliphatic heterocycles. The SMILES string of the molecule is Cc1cc(S(=O)(=O)NCCn2nc(C(F)(F)F)n(C)c2=O)c(Cl)cc1Cl. The zero-order valence-electron chi connectivity index (χ0n) is 13.4. The van der Waals surface area contributed by atoms with E-state index in [1.807, 2.05) is 0 Å². The zero-order chi connectivity index (χ0) is 19.9. The molecule has 1 heterocycles. The van der Waals surface area contributed by atoms with Crippen LogP contribution in [0.3, 0.4) is 0 Å². The monoisotopic (exact) mass is 432 g/mol. The molecule has 1 aromatic carbocycles. The second kappa shape index (κ2) is 7.22. The van der Waals surface area contributed by atoms with Crippen molar-refractivity contribution in [1.29, 1.82) is 0 Å². The van der Waals surface area contributed by atoms with Gasteiger partial charge in [0.25, 0.3) is 0 Å². The molecule has 7 nitrogen and oxygen atoms in total. The molecule has 0 bridgehead atoms. The fraction of sp³-hybridized carbons (Fsp3) is 0.385. The van der Waals surface area contributed by atoms with E-state index in [4.69, 9.17) is 23.2 Å². The molecular formula is C13H13Cl2F3N4O3S. The normalized spacial score (nSPS) is 12.6. The quantitative estimate of drug-likeness (QED) is 0.784. The highest BCUT2D eigenvalue weighted by Crippen LogP contribution is 2.28. The number of hydrogen-bond acceptors (Lipinski definition) is 4. The van der Waals surface area contributed by atoms with E-state index < -0.39 is 34.3 Å². The number of aryl methyl sites for hydroxylation is 1. The van der Waals surface area contributed by atoms with Gasteiger partial charge >= 0.3 is 11.9 Å². The van der Waals surface area contributed by atoms with Crippen molar-refractivity contribution >= 4 is 33.2 Å². The van der Waals surface area contributed by atoms with Gasteiger partial charge in [0, 0.05) is 18.6 Å². The minimum absolute atomic E-state index is 0.109. The third kappa shape index (κ3) is 4.22. The summed E-state index contributed by atoms with van der Waals surface area (Å²) in [6, 6.07) is 2.54. The number of aromatic nitrogens is 3. The maximum atomic E-state index is 12.7. The highest BCUT2D eigenvalue weighted by atomic mass is 35.5. The first-order valence-electron chi connectivity index (χ1n) is 7.01. The third-order valence-corrected chi connectivity index (χ3v) is 5.75. The van der Waals surface area contributed by atoms with Gasteiger partial charge in [0.1, 0.15) is 4.90 Å². The second-order valence-electron chi connectivity index (χ2n) is 5.32. The predicted molar refractivity (Wildman–Crippen MR) is 88.9 cm³/mol. The molecule has 13 heteroatoms. The number of nitrogens with zero attached hydrogens (tertiary/aromatic N) is 3. The van der Waals surface area contributed by atoms with E-state index in [2.05, 4.69) is 9.82 Å². The molecule has 26 heavy (non-hydrogen) atoms. The van der Waals surface area contributed by atoms with Gasteiger partial charge in [0.15, 0.2) is 0 Å². The van der Waals surface area contributed by atoms with Crippen LogP contribution >= 0.6 is 23.2 Å². The molecule has 0 saturated heterocycles. The van der Waals surface area contributed by atoms with Crippen LogP contribution in [0, 0.1) is 6.92 Å². The largest absolute Gasteiger partial charge is 0.451 e. The number of nitrogens with one attached hydrogen (secondary N) is 1. The summed E-state index contributed by atoms with van der Waals surface area (Å²) in [5.74, 6) is -1.37. The summed E-state index contributed by atoms with van der Waals surface area (Å²) in [6.45, 7) is 0.824. The Kier molecular flexibility index (Phi) is 5.76. The van der Waals surface area contributed by atoms with E-state index in [0.29, 0.717) is 14.8 Å². The molecule has 0 unspecified atom stereocenters. The van der Waals surface area contributed by atoms with Gasteiger partial charge in [0.2, 0.25) is 15.8 Å². The van der Waals surface area contributed by atoms with Gasteiger partial charge < -0.3 is 0 Å². The molecule has 0 saturated carbocycles. The smallest absolute Gasteiger partial charge is 0.274 e. The summed E-state index contributed by atoms with van der Waals surface area (Å²) >= 11 is 11.7. The molecule has 0 fully saturated rings. The van der Waals surface area contributed by atoms with Crippen molar-refractivity contribution in [1.82, 2.24) is 19.1 Å². The van der Waals surface area contributed by atoms with Crippen LogP contribution < -0.4 is 10.4 Å². The van der Waals surface area contributed by atoms with Gasteiger partial charge in [0.05, 0.1) is 11.6 Å². The Labute approximate surface area is 156 Å². The Morgan fingerprint density at radius 3 is 2.38 bits per heavy atom. The van der Waals surface area contributed by atoms with Crippen molar-refractivity contribution in [3.8, 4) is 0 Å². The van der Waals surface area contributed by atoms with E-state index in [1.165, 1.54) is 12.1 Å². The maximum Gasteiger partial charge on any atom is 0.451 e. The maximum absolute atomic E-state index is 12.7. The van der Waals surface area contributed by atoms with Crippen molar-refractivity contribution in [2.24, 2.45) is 7.05 Å². The zero-order valence-corrected chi connectivity index (χ0v) is 15.8. The standard InChI is InChI=1S/C13H13Cl2F3N4O3S/c1-7-5-10(9(15)6-8(7)14)26(24,25)19-3-4-22-12(23)21(2)11(20-22)13(16,17)18/h5-6,19H,3-4H2,1-2H3. The average Bonchev–Trinajstić information content (AvgIpc) is 2.79. The number of alkyl halides is 3. The summed E-state index contributed by atoms with van der Waals surface area (Å²) in [7, 11) is -3.13. The van der Waals surface area contributed by atoms with Gasteiger partial charge in [-0.1, -0.05) is 23.2 Å². The number of benzene rings is 1. The topological polar surface area (TPSA) is 86.0 Å². The number of rotatable bonds is 5. The lowest BCUT2D eigenvalue weighted by atomic mass is 10.2. The molecule has 0 aliphatic carbocycles. The molecule has 2 aromatic rings. The summed E-state index contributed by atoms with van der Waals surface area (Å²) in [4.78, 5) is 11.5. The third-order valence-electron chi connectivity index (χ3n) is 3.41. The molecule has 144 valence electrons. The minimum atomic E-state index is -4.80. The lowest BCUT2D eigenvalue weighted by molar-refractivity contribution is -0.147. The molecule has 1 aromatic heterocycles. The summed E-state index contributed by atoms with van der Waals surface area (Å²) in [6.07, 6.45) is -4.80. The van der Waals surface area contributed by atoms with E-state index in [1.54, 1.807) is 6.92 Å².